The van der Waals surface area contributed by atoms with Crippen LogP contribution in [0.1, 0.15) is 18.4 Å². The lowest BCUT2D eigenvalue weighted by molar-refractivity contribution is 0.174. The average Bonchev–Trinajstić information content (AvgIpc) is 3.09. The van der Waals surface area contributed by atoms with Crippen LogP contribution in [-0.2, 0) is 16.8 Å². The molecule has 2 heterocycles. The van der Waals surface area contributed by atoms with Crippen LogP contribution in [0.5, 0.6) is 11.5 Å². The molecule has 2 aliphatic heterocycles. The van der Waals surface area contributed by atoms with Gasteiger partial charge in [0.15, 0.2) is 11.5 Å². The van der Waals surface area contributed by atoms with Crippen LogP contribution in [0.2, 0.25) is 0 Å². The zero-order chi connectivity index (χ0) is 14.2. The standard InChI is InChI=1S/C13H18N2O4S/c1-14(20(16,17)15-6-2-3-7-15)9-11-4-5-12-13(8-11)19-10-18-12/h4-5,8H,2-3,6-7,9-10H2,1H3. The maximum atomic E-state index is 12.4. The van der Waals surface area contributed by atoms with E-state index in [-0.39, 0.29) is 6.79 Å². The molecular formula is C13H18N2O4S. The summed E-state index contributed by atoms with van der Waals surface area (Å²) in [6.45, 7) is 1.79. The molecular weight excluding hydrogens is 280 g/mol. The first kappa shape index (κ1) is 13.7. The van der Waals surface area contributed by atoms with E-state index in [1.165, 1.54) is 4.31 Å². The zero-order valence-electron chi connectivity index (χ0n) is 11.4. The molecule has 1 saturated heterocycles. The molecule has 0 bridgehead atoms. The molecule has 0 aliphatic carbocycles. The van der Waals surface area contributed by atoms with Crippen molar-refractivity contribution >= 4 is 10.2 Å². The van der Waals surface area contributed by atoms with Crippen molar-refractivity contribution in [3.8, 4) is 11.5 Å². The molecule has 0 atom stereocenters. The highest BCUT2D eigenvalue weighted by Gasteiger charge is 2.29. The minimum atomic E-state index is -3.36. The van der Waals surface area contributed by atoms with E-state index < -0.39 is 10.2 Å². The van der Waals surface area contributed by atoms with Crippen LogP contribution in [0.25, 0.3) is 0 Å². The van der Waals surface area contributed by atoms with Crippen molar-refractivity contribution in [2.75, 3.05) is 26.9 Å². The van der Waals surface area contributed by atoms with Crippen molar-refractivity contribution in [1.29, 1.82) is 0 Å². The maximum absolute atomic E-state index is 12.4. The van der Waals surface area contributed by atoms with Gasteiger partial charge in [0, 0.05) is 26.7 Å². The molecule has 1 fully saturated rings. The van der Waals surface area contributed by atoms with E-state index >= 15 is 0 Å². The maximum Gasteiger partial charge on any atom is 0.282 e. The molecule has 110 valence electrons. The first-order valence-corrected chi connectivity index (χ1v) is 8.07. The molecule has 0 unspecified atom stereocenters. The molecule has 20 heavy (non-hydrogen) atoms. The van der Waals surface area contributed by atoms with E-state index in [1.807, 2.05) is 18.2 Å². The topological polar surface area (TPSA) is 59.1 Å². The molecule has 0 saturated carbocycles. The predicted molar refractivity (Wildman–Crippen MR) is 73.8 cm³/mol. The summed E-state index contributed by atoms with van der Waals surface area (Å²) in [5.74, 6) is 1.38. The molecule has 2 aliphatic rings. The number of hydrogen-bond donors (Lipinski definition) is 0. The third-order valence-corrected chi connectivity index (χ3v) is 5.56. The Morgan fingerprint density at radius 3 is 2.65 bits per heavy atom. The Balaban J connectivity index is 1.73. The highest BCUT2D eigenvalue weighted by atomic mass is 32.2. The predicted octanol–water partition coefficient (Wildman–Crippen LogP) is 1.19. The zero-order valence-corrected chi connectivity index (χ0v) is 12.2. The van der Waals surface area contributed by atoms with E-state index in [0.29, 0.717) is 31.1 Å². The van der Waals surface area contributed by atoms with Crippen LogP contribution in [0.15, 0.2) is 18.2 Å². The van der Waals surface area contributed by atoms with E-state index in [0.717, 1.165) is 18.4 Å². The van der Waals surface area contributed by atoms with Crippen LogP contribution in [0.4, 0.5) is 0 Å². The lowest BCUT2D eigenvalue weighted by Crippen LogP contribution is -2.39. The first-order valence-electron chi connectivity index (χ1n) is 6.67. The van der Waals surface area contributed by atoms with Crippen molar-refractivity contribution in [3.05, 3.63) is 23.8 Å². The third-order valence-electron chi connectivity index (χ3n) is 3.63. The van der Waals surface area contributed by atoms with E-state index in [2.05, 4.69) is 0 Å². The number of nitrogens with zero attached hydrogens (tertiary/aromatic N) is 2. The second kappa shape index (κ2) is 5.23. The molecule has 0 N–H and O–H groups in total. The monoisotopic (exact) mass is 298 g/mol. The van der Waals surface area contributed by atoms with Gasteiger partial charge < -0.3 is 9.47 Å². The fourth-order valence-corrected chi connectivity index (χ4v) is 3.92. The lowest BCUT2D eigenvalue weighted by Gasteiger charge is -2.23. The van der Waals surface area contributed by atoms with Crippen molar-refractivity contribution in [2.45, 2.75) is 19.4 Å². The quantitative estimate of drug-likeness (QED) is 0.838. The minimum Gasteiger partial charge on any atom is -0.454 e. The molecule has 7 heteroatoms. The normalized spacial score (nSPS) is 18.9. The van der Waals surface area contributed by atoms with E-state index in [4.69, 9.17) is 9.47 Å². The largest absolute Gasteiger partial charge is 0.454 e. The second-order valence-electron chi connectivity index (χ2n) is 5.06. The fourth-order valence-electron chi connectivity index (χ4n) is 2.49. The first-order chi connectivity index (χ1) is 9.57. The number of hydrogen-bond acceptors (Lipinski definition) is 4. The van der Waals surface area contributed by atoms with Crippen LogP contribution in [0.3, 0.4) is 0 Å². The molecule has 6 nitrogen and oxygen atoms in total. The van der Waals surface area contributed by atoms with Crippen LogP contribution >= 0.6 is 0 Å². The molecule has 0 spiro atoms. The van der Waals surface area contributed by atoms with Crippen LogP contribution in [-0.4, -0.2) is 44.0 Å². The van der Waals surface area contributed by atoms with Gasteiger partial charge in [-0.3, -0.25) is 0 Å². The van der Waals surface area contributed by atoms with Gasteiger partial charge in [-0.1, -0.05) is 6.07 Å². The Hall–Kier alpha value is -1.31. The van der Waals surface area contributed by atoms with Gasteiger partial charge in [-0.25, -0.2) is 0 Å². The van der Waals surface area contributed by atoms with Gasteiger partial charge >= 0.3 is 0 Å². The van der Waals surface area contributed by atoms with E-state index in [1.54, 1.807) is 11.4 Å². The highest BCUT2D eigenvalue weighted by Crippen LogP contribution is 2.33. The van der Waals surface area contributed by atoms with Gasteiger partial charge in [-0.15, -0.1) is 0 Å². The summed E-state index contributed by atoms with van der Waals surface area (Å²) in [6.07, 6.45) is 1.88. The fraction of sp³-hybridized carbons (Fsp3) is 0.538. The number of fused-ring (bicyclic) bond motifs is 1. The Morgan fingerprint density at radius 1 is 1.20 bits per heavy atom. The van der Waals surface area contributed by atoms with Crippen LogP contribution in [0, 0.1) is 0 Å². The summed E-state index contributed by atoms with van der Waals surface area (Å²) in [4.78, 5) is 0. The van der Waals surface area contributed by atoms with Gasteiger partial charge in [-0.05, 0) is 30.5 Å². The molecule has 0 radical (unpaired) electrons. The van der Waals surface area contributed by atoms with Gasteiger partial charge in [0.1, 0.15) is 0 Å². The van der Waals surface area contributed by atoms with Crippen molar-refractivity contribution in [3.63, 3.8) is 0 Å². The summed E-state index contributed by atoms with van der Waals surface area (Å²) < 4.78 is 38.2. The SMILES string of the molecule is CN(Cc1ccc2c(c1)OCO2)S(=O)(=O)N1CCCC1. The Kier molecular flexibility index (Phi) is 3.57. The van der Waals surface area contributed by atoms with Gasteiger partial charge in [0.05, 0.1) is 0 Å². The summed E-state index contributed by atoms with van der Waals surface area (Å²) in [6, 6.07) is 5.51. The Morgan fingerprint density at radius 2 is 1.90 bits per heavy atom. The molecule has 3 rings (SSSR count). The van der Waals surface area contributed by atoms with Gasteiger partial charge in [0.25, 0.3) is 10.2 Å². The number of benzene rings is 1. The molecule has 0 amide bonds. The summed E-state index contributed by atoms with van der Waals surface area (Å²) in [5, 5.41) is 0. The smallest absolute Gasteiger partial charge is 0.282 e. The number of ether oxygens (including phenoxy) is 2. The summed E-state index contributed by atoms with van der Waals surface area (Å²) in [7, 11) is -1.75. The van der Waals surface area contributed by atoms with Crippen molar-refractivity contribution < 1.29 is 17.9 Å². The average molecular weight is 298 g/mol. The van der Waals surface area contributed by atoms with E-state index in [9.17, 15) is 8.42 Å². The third kappa shape index (κ3) is 2.48. The van der Waals surface area contributed by atoms with Gasteiger partial charge in [-0.2, -0.15) is 17.0 Å². The highest BCUT2D eigenvalue weighted by molar-refractivity contribution is 7.86. The second-order valence-corrected chi connectivity index (χ2v) is 7.09. The Labute approximate surface area is 119 Å². The summed E-state index contributed by atoms with van der Waals surface area (Å²) in [5.41, 5.74) is 0.888. The molecule has 1 aromatic rings. The van der Waals surface area contributed by atoms with Gasteiger partial charge in [0.2, 0.25) is 6.79 Å². The molecule has 1 aromatic carbocycles. The van der Waals surface area contributed by atoms with Crippen molar-refractivity contribution in [2.24, 2.45) is 0 Å². The van der Waals surface area contributed by atoms with Crippen molar-refractivity contribution in [1.82, 2.24) is 8.61 Å². The summed E-state index contributed by atoms with van der Waals surface area (Å²) >= 11 is 0. The van der Waals surface area contributed by atoms with Crippen LogP contribution < -0.4 is 9.47 Å². The lowest BCUT2D eigenvalue weighted by atomic mass is 10.2. The Bertz CT molecular complexity index is 596. The molecule has 0 aromatic heterocycles. The number of rotatable bonds is 4. The minimum absolute atomic E-state index is 0.223.